The van der Waals surface area contributed by atoms with Gasteiger partial charge in [-0.1, -0.05) is 30.0 Å². The van der Waals surface area contributed by atoms with Crippen LogP contribution in [-0.2, 0) is 0 Å². The highest BCUT2D eigenvalue weighted by Gasteiger charge is 2.15. The van der Waals surface area contributed by atoms with Crippen LogP contribution in [0.2, 0.25) is 0 Å². The van der Waals surface area contributed by atoms with E-state index in [2.05, 4.69) is 5.32 Å². The Morgan fingerprint density at radius 1 is 1.10 bits per heavy atom. The Bertz CT molecular complexity index is 619. The number of nitrogens with one attached hydrogen (secondary N) is 1. The molecule has 0 bridgehead atoms. The van der Waals surface area contributed by atoms with Crippen LogP contribution in [0.5, 0.6) is 0 Å². The number of thioether (sulfide) groups is 1. The highest BCUT2D eigenvalue weighted by molar-refractivity contribution is 7.99. The molecule has 0 saturated heterocycles. The van der Waals surface area contributed by atoms with E-state index < -0.39 is 17.5 Å². The smallest absolute Gasteiger partial charge is 0.288 e. The zero-order valence-corrected chi connectivity index (χ0v) is 11.0. The average molecular weight is 297 g/mol. The number of anilines is 1. The zero-order chi connectivity index (χ0) is 14.5. The summed E-state index contributed by atoms with van der Waals surface area (Å²) in [4.78, 5) is 12.2. The largest absolute Gasteiger partial charge is 0.322 e. The first-order chi connectivity index (χ1) is 9.56. The second-order valence-electron chi connectivity index (χ2n) is 3.84. The minimum absolute atomic E-state index is 0.127. The molecule has 0 radical (unpaired) electrons. The summed E-state index contributed by atoms with van der Waals surface area (Å²) in [6.45, 7) is 0. The Balaban J connectivity index is 2.21. The van der Waals surface area contributed by atoms with Crippen LogP contribution in [0, 0.1) is 5.82 Å². The van der Waals surface area contributed by atoms with Crippen molar-refractivity contribution in [3.8, 4) is 0 Å². The van der Waals surface area contributed by atoms with E-state index in [0.717, 1.165) is 6.07 Å². The molecule has 2 nitrogen and oxygen atoms in total. The van der Waals surface area contributed by atoms with Crippen LogP contribution in [0.4, 0.5) is 18.9 Å². The van der Waals surface area contributed by atoms with E-state index in [1.807, 2.05) is 0 Å². The molecule has 20 heavy (non-hydrogen) atoms. The maximum atomic E-state index is 13.0. The Hall–Kier alpha value is -1.95. The Morgan fingerprint density at radius 3 is 2.55 bits per heavy atom. The molecule has 6 heteroatoms. The van der Waals surface area contributed by atoms with Crippen LogP contribution in [0.1, 0.15) is 10.4 Å². The lowest BCUT2D eigenvalue weighted by Crippen LogP contribution is -2.13. The highest BCUT2D eigenvalue weighted by Crippen LogP contribution is 2.28. The number of carbonyl (C=O) groups is 1. The summed E-state index contributed by atoms with van der Waals surface area (Å²) in [5.41, 5.74) is 0.397. The number of halogens is 3. The summed E-state index contributed by atoms with van der Waals surface area (Å²) in [5, 5.41) is 2.48. The fourth-order valence-electron chi connectivity index (χ4n) is 1.62. The minimum atomic E-state index is -2.61. The van der Waals surface area contributed by atoms with E-state index in [-0.39, 0.29) is 16.1 Å². The van der Waals surface area contributed by atoms with Gasteiger partial charge in [0.15, 0.2) is 0 Å². The van der Waals surface area contributed by atoms with Crippen molar-refractivity contribution in [2.75, 3.05) is 5.32 Å². The topological polar surface area (TPSA) is 29.1 Å². The van der Waals surface area contributed by atoms with Gasteiger partial charge in [0, 0.05) is 10.6 Å². The zero-order valence-electron chi connectivity index (χ0n) is 10.1. The van der Waals surface area contributed by atoms with E-state index in [9.17, 15) is 18.0 Å². The van der Waals surface area contributed by atoms with Gasteiger partial charge in [-0.2, -0.15) is 8.78 Å². The van der Waals surface area contributed by atoms with Crippen LogP contribution in [-0.4, -0.2) is 11.7 Å². The van der Waals surface area contributed by atoms with Crippen LogP contribution < -0.4 is 5.32 Å². The number of carbonyl (C=O) groups excluding carboxylic acids is 1. The van der Waals surface area contributed by atoms with E-state index >= 15 is 0 Å². The number of amides is 1. The second-order valence-corrected chi connectivity index (χ2v) is 4.87. The molecular weight excluding hydrogens is 287 g/mol. The van der Waals surface area contributed by atoms with Crippen molar-refractivity contribution in [3.05, 3.63) is 59.9 Å². The molecule has 0 spiro atoms. The van der Waals surface area contributed by atoms with E-state index in [0.29, 0.717) is 11.8 Å². The normalized spacial score (nSPS) is 10.6. The number of hydrogen-bond donors (Lipinski definition) is 1. The third kappa shape index (κ3) is 3.77. The first-order valence-electron chi connectivity index (χ1n) is 5.67. The maximum absolute atomic E-state index is 13.0. The van der Waals surface area contributed by atoms with E-state index in [4.69, 9.17) is 0 Å². The van der Waals surface area contributed by atoms with Crippen molar-refractivity contribution < 1.29 is 18.0 Å². The van der Waals surface area contributed by atoms with E-state index in [1.54, 1.807) is 12.1 Å². The Labute approximate surface area is 118 Å². The lowest BCUT2D eigenvalue weighted by Gasteiger charge is -2.09. The quantitative estimate of drug-likeness (QED) is 0.848. The van der Waals surface area contributed by atoms with Gasteiger partial charge in [0.2, 0.25) is 0 Å². The van der Waals surface area contributed by atoms with Gasteiger partial charge in [-0.05, 0) is 30.3 Å². The Kier molecular flexibility index (Phi) is 4.68. The number of benzene rings is 2. The monoisotopic (exact) mass is 297 g/mol. The first-order valence-corrected chi connectivity index (χ1v) is 6.55. The minimum Gasteiger partial charge on any atom is -0.322 e. The summed E-state index contributed by atoms with van der Waals surface area (Å²) in [6.07, 6.45) is 0. The van der Waals surface area contributed by atoms with Gasteiger partial charge in [0.25, 0.3) is 11.7 Å². The third-order valence-electron chi connectivity index (χ3n) is 2.43. The predicted molar refractivity (Wildman–Crippen MR) is 72.7 cm³/mol. The van der Waals surface area contributed by atoms with Crippen molar-refractivity contribution >= 4 is 23.4 Å². The molecule has 0 aliphatic rings. The molecule has 2 aromatic rings. The van der Waals surface area contributed by atoms with Crippen LogP contribution in [0.15, 0.2) is 53.4 Å². The first kappa shape index (κ1) is 14.5. The van der Waals surface area contributed by atoms with Crippen LogP contribution >= 0.6 is 11.8 Å². The van der Waals surface area contributed by atoms with Gasteiger partial charge < -0.3 is 5.32 Å². The van der Waals surface area contributed by atoms with E-state index in [1.165, 1.54) is 30.3 Å². The Morgan fingerprint density at radius 2 is 1.85 bits per heavy atom. The third-order valence-corrected chi connectivity index (χ3v) is 3.22. The molecule has 104 valence electrons. The van der Waals surface area contributed by atoms with Crippen molar-refractivity contribution in [2.45, 2.75) is 10.7 Å². The van der Waals surface area contributed by atoms with Gasteiger partial charge >= 0.3 is 0 Å². The summed E-state index contributed by atoms with van der Waals surface area (Å²) in [6, 6.07) is 11.4. The van der Waals surface area contributed by atoms with Crippen molar-refractivity contribution in [1.82, 2.24) is 0 Å². The molecule has 0 aliphatic carbocycles. The van der Waals surface area contributed by atoms with Gasteiger partial charge in [-0.15, -0.1) is 0 Å². The summed E-state index contributed by atoms with van der Waals surface area (Å²) >= 11 is 0.299. The standard InChI is InChI=1S/C14H10F3NOS/c15-9-4-3-5-10(8-9)18-13(19)11-6-1-2-7-12(11)20-14(16)17/h1-8,14H,(H,18,19). The van der Waals surface area contributed by atoms with Crippen LogP contribution in [0.25, 0.3) is 0 Å². The highest BCUT2D eigenvalue weighted by atomic mass is 32.2. The molecule has 0 atom stereocenters. The molecule has 0 aliphatic heterocycles. The molecule has 0 saturated carbocycles. The van der Waals surface area contributed by atoms with Crippen molar-refractivity contribution in [1.29, 1.82) is 0 Å². The molecule has 2 aromatic carbocycles. The fourth-order valence-corrected chi connectivity index (χ4v) is 2.25. The SMILES string of the molecule is O=C(Nc1cccc(F)c1)c1ccccc1SC(F)F. The molecule has 0 heterocycles. The molecule has 1 N–H and O–H groups in total. The number of rotatable bonds is 4. The molecular formula is C14H10F3NOS. The molecule has 0 fully saturated rings. The molecule has 1 amide bonds. The van der Waals surface area contributed by atoms with Gasteiger partial charge in [0.05, 0.1) is 5.56 Å². The second kappa shape index (κ2) is 6.47. The van der Waals surface area contributed by atoms with Gasteiger partial charge in [-0.3, -0.25) is 4.79 Å². The lowest BCUT2D eigenvalue weighted by molar-refractivity contribution is 0.102. The fraction of sp³-hybridized carbons (Fsp3) is 0.0714. The van der Waals surface area contributed by atoms with Gasteiger partial charge in [0.1, 0.15) is 5.82 Å². The van der Waals surface area contributed by atoms with Gasteiger partial charge in [-0.25, -0.2) is 4.39 Å². The van der Waals surface area contributed by atoms with Crippen LogP contribution in [0.3, 0.4) is 0 Å². The maximum Gasteiger partial charge on any atom is 0.288 e. The average Bonchev–Trinajstić information content (AvgIpc) is 2.38. The molecule has 0 unspecified atom stereocenters. The van der Waals surface area contributed by atoms with Crippen molar-refractivity contribution in [2.24, 2.45) is 0 Å². The summed E-state index contributed by atoms with van der Waals surface area (Å²) < 4.78 is 37.9. The summed E-state index contributed by atoms with van der Waals surface area (Å²) in [7, 11) is 0. The predicted octanol–water partition coefficient (Wildman–Crippen LogP) is 4.39. The number of alkyl halides is 2. The number of hydrogen-bond acceptors (Lipinski definition) is 2. The lowest BCUT2D eigenvalue weighted by atomic mass is 10.2. The summed E-state index contributed by atoms with van der Waals surface area (Å²) in [5.74, 6) is -3.66. The molecule has 2 rings (SSSR count). The molecule has 0 aromatic heterocycles. The van der Waals surface area contributed by atoms with Crippen molar-refractivity contribution in [3.63, 3.8) is 0 Å².